The molecule has 1 aromatic heterocycles. The van der Waals surface area contributed by atoms with Gasteiger partial charge in [0.2, 0.25) is 5.91 Å². The topological polar surface area (TPSA) is 106 Å². The molecule has 0 aliphatic heterocycles. The molecular weight excluding hydrogens is 186 g/mol. The van der Waals surface area contributed by atoms with Gasteiger partial charge in [-0.05, 0) is 6.42 Å². The molecule has 7 heteroatoms. The maximum Gasteiger partial charge on any atom is 0.317 e. The third kappa shape index (κ3) is 3.30. The second-order valence-corrected chi connectivity index (χ2v) is 2.65. The van der Waals surface area contributed by atoms with Crippen LogP contribution in [-0.4, -0.2) is 29.2 Å². The van der Waals surface area contributed by atoms with Crippen molar-refractivity contribution in [3.05, 3.63) is 0 Å². The third-order valence-electron chi connectivity index (χ3n) is 1.41. The Morgan fingerprint density at radius 2 is 2.36 bits per heavy atom. The Morgan fingerprint density at radius 1 is 1.57 bits per heavy atom. The van der Waals surface area contributed by atoms with E-state index in [1.165, 1.54) is 0 Å². The van der Waals surface area contributed by atoms with E-state index in [1.807, 2.05) is 6.92 Å². The van der Waals surface area contributed by atoms with Crippen molar-refractivity contribution in [2.45, 2.75) is 13.3 Å². The molecule has 0 aliphatic rings. The lowest BCUT2D eigenvalue weighted by Crippen LogP contribution is -2.30. The number of carbonyl (C=O) groups excluding carboxylic acids is 1. The normalized spacial score (nSPS) is 9.79. The van der Waals surface area contributed by atoms with E-state index < -0.39 is 0 Å². The number of nitrogens with two attached hydrogens (primary N) is 1. The largest absolute Gasteiger partial charge is 0.390 e. The van der Waals surface area contributed by atoms with E-state index in [9.17, 15) is 4.79 Å². The summed E-state index contributed by atoms with van der Waals surface area (Å²) >= 11 is 0. The van der Waals surface area contributed by atoms with Gasteiger partial charge in [-0.2, -0.15) is 0 Å². The lowest BCUT2D eigenvalue weighted by Gasteiger charge is -2.02. The maximum atomic E-state index is 11.1. The molecule has 0 spiro atoms. The molecule has 0 radical (unpaired) electrons. The number of hydrogen-bond acceptors (Lipinski definition) is 6. The highest BCUT2D eigenvalue weighted by atomic mass is 16.4. The van der Waals surface area contributed by atoms with Gasteiger partial charge in [-0.25, -0.2) is 0 Å². The zero-order valence-electron chi connectivity index (χ0n) is 7.91. The van der Waals surface area contributed by atoms with E-state index in [4.69, 9.17) is 10.2 Å². The first-order valence-corrected chi connectivity index (χ1v) is 4.32. The van der Waals surface area contributed by atoms with Crippen molar-refractivity contribution < 1.29 is 9.21 Å². The molecule has 1 aromatic rings. The molecule has 0 unspecified atom stereocenters. The lowest BCUT2D eigenvalue weighted by molar-refractivity contribution is -0.119. The van der Waals surface area contributed by atoms with Crippen LogP contribution in [0.2, 0.25) is 0 Å². The van der Waals surface area contributed by atoms with Gasteiger partial charge in [0.05, 0.1) is 6.54 Å². The van der Waals surface area contributed by atoms with Gasteiger partial charge >= 0.3 is 12.0 Å². The fourth-order valence-electron chi connectivity index (χ4n) is 0.789. The zero-order valence-corrected chi connectivity index (χ0v) is 7.91. The zero-order chi connectivity index (χ0) is 10.4. The summed E-state index contributed by atoms with van der Waals surface area (Å²) in [5.74, 6) is -0.122. The van der Waals surface area contributed by atoms with E-state index in [2.05, 4.69) is 20.8 Å². The number of hydrogen-bond donors (Lipinski definition) is 3. The Balaban J connectivity index is 2.23. The Hall–Kier alpha value is -1.79. The highest BCUT2D eigenvalue weighted by Gasteiger charge is 2.04. The molecule has 78 valence electrons. The Labute approximate surface area is 81.1 Å². The predicted molar refractivity (Wildman–Crippen MR) is 50.5 cm³/mol. The van der Waals surface area contributed by atoms with Crippen molar-refractivity contribution in [3.8, 4) is 0 Å². The van der Waals surface area contributed by atoms with Gasteiger partial charge in [-0.1, -0.05) is 17.1 Å². The Bertz CT molecular complexity index is 298. The molecule has 4 N–H and O–H groups in total. The number of nitrogens with zero attached hydrogens (tertiary/aromatic N) is 2. The highest BCUT2D eigenvalue weighted by Crippen LogP contribution is 2.04. The molecule has 0 saturated carbocycles. The molecule has 0 atom stereocenters. The molecule has 1 rings (SSSR count). The molecule has 0 aliphatic carbocycles. The van der Waals surface area contributed by atoms with Crippen LogP contribution in [-0.2, 0) is 4.79 Å². The van der Waals surface area contributed by atoms with Gasteiger partial charge in [0, 0.05) is 6.54 Å². The number of rotatable bonds is 5. The average molecular weight is 199 g/mol. The van der Waals surface area contributed by atoms with E-state index in [-0.39, 0.29) is 24.5 Å². The minimum atomic E-state index is -0.122. The predicted octanol–water partition coefficient (Wildman–Crippen LogP) is -0.410. The van der Waals surface area contributed by atoms with Gasteiger partial charge in [-0.15, -0.1) is 0 Å². The molecule has 1 amide bonds. The van der Waals surface area contributed by atoms with Crippen LogP contribution in [0.5, 0.6) is 0 Å². The van der Waals surface area contributed by atoms with E-state index >= 15 is 0 Å². The number of nitrogen functional groups attached to an aromatic ring is 1. The summed E-state index contributed by atoms with van der Waals surface area (Å²) in [6.45, 7) is 2.74. The number of nitrogens with one attached hydrogen (secondary N) is 2. The summed E-state index contributed by atoms with van der Waals surface area (Å²) < 4.78 is 4.80. The number of amides is 1. The number of anilines is 2. The maximum absolute atomic E-state index is 11.1. The smallest absolute Gasteiger partial charge is 0.317 e. The van der Waals surface area contributed by atoms with E-state index in [0.29, 0.717) is 6.54 Å². The second kappa shape index (κ2) is 5.05. The summed E-state index contributed by atoms with van der Waals surface area (Å²) in [4.78, 5) is 11.1. The van der Waals surface area contributed by atoms with Crippen molar-refractivity contribution in [1.29, 1.82) is 0 Å². The highest BCUT2D eigenvalue weighted by molar-refractivity contribution is 5.79. The summed E-state index contributed by atoms with van der Waals surface area (Å²) in [7, 11) is 0. The first-order valence-electron chi connectivity index (χ1n) is 4.32. The summed E-state index contributed by atoms with van der Waals surface area (Å²) in [5, 5.41) is 12.3. The summed E-state index contributed by atoms with van der Waals surface area (Å²) in [5.41, 5.74) is 5.18. The molecule has 0 bridgehead atoms. The van der Waals surface area contributed by atoms with E-state index in [1.54, 1.807) is 0 Å². The van der Waals surface area contributed by atoms with Crippen molar-refractivity contribution in [3.63, 3.8) is 0 Å². The number of aromatic nitrogens is 2. The van der Waals surface area contributed by atoms with Gasteiger partial charge < -0.3 is 20.8 Å². The lowest BCUT2D eigenvalue weighted by atomic mass is 10.4. The van der Waals surface area contributed by atoms with Crippen LogP contribution in [0, 0.1) is 0 Å². The minimum absolute atomic E-state index is 0.0264. The quantitative estimate of drug-likeness (QED) is 0.595. The average Bonchev–Trinajstić information content (AvgIpc) is 2.58. The van der Waals surface area contributed by atoms with Crippen LogP contribution in [0.15, 0.2) is 4.42 Å². The summed E-state index contributed by atoms with van der Waals surface area (Å²) in [6, 6.07) is 0.121. The molecule has 7 nitrogen and oxygen atoms in total. The first kappa shape index (κ1) is 10.3. The van der Waals surface area contributed by atoms with Gasteiger partial charge in [-0.3, -0.25) is 4.79 Å². The van der Waals surface area contributed by atoms with Crippen molar-refractivity contribution >= 4 is 17.9 Å². The molecule has 0 fully saturated rings. The Kier molecular flexibility index (Phi) is 3.71. The molecule has 0 saturated heterocycles. The van der Waals surface area contributed by atoms with Crippen LogP contribution in [0.25, 0.3) is 0 Å². The molecule has 1 heterocycles. The van der Waals surface area contributed by atoms with Crippen LogP contribution < -0.4 is 16.4 Å². The van der Waals surface area contributed by atoms with Crippen LogP contribution in [0.1, 0.15) is 13.3 Å². The fourth-order valence-corrected chi connectivity index (χ4v) is 0.789. The van der Waals surface area contributed by atoms with Crippen molar-refractivity contribution in [2.75, 3.05) is 24.1 Å². The number of carbonyl (C=O) groups is 1. The van der Waals surface area contributed by atoms with Gasteiger partial charge in [0.1, 0.15) is 0 Å². The summed E-state index contributed by atoms with van der Waals surface area (Å²) in [6.07, 6.45) is 0.902. The van der Waals surface area contributed by atoms with Gasteiger partial charge in [0.15, 0.2) is 0 Å². The second-order valence-electron chi connectivity index (χ2n) is 2.65. The third-order valence-corrected chi connectivity index (χ3v) is 1.41. The van der Waals surface area contributed by atoms with Crippen LogP contribution >= 0.6 is 0 Å². The first-order chi connectivity index (χ1) is 6.72. The standard InChI is InChI=1S/C7H13N5O2/c1-2-3-9-5(13)4-10-7-12-11-6(8)14-7/h2-4H2,1H3,(H2,8,11)(H,9,13)(H,10,12). The van der Waals surface area contributed by atoms with Crippen LogP contribution in [0.4, 0.5) is 12.0 Å². The Morgan fingerprint density at radius 3 is 2.93 bits per heavy atom. The monoisotopic (exact) mass is 199 g/mol. The minimum Gasteiger partial charge on any atom is -0.390 e. The molecule has 14 heavy (non-hydrogen) atoms. The van der Waals surface area contributed by atoms with Crippen LogP contribution in [0.3, 0.4) is 0 Å². The SMILES string of the molecule is CCCNC(=O)CNc1nnc(N)o1. The van der Waals surface area contributed by atoms with E-state index in [0.717, 1.165) is 6.42 Å². The van der Waals surface area contributed by atoms with Gasteiger partial charge in [0.25, 0.3) is 0 Å². The molecular formula is C7H13N5O2. The fraction of sp³-hybridized carbons (Fsp3) is 0.571. The van der Waals surface area contributed by atoms with Crippen molar-refractivity contribution in [1.82, 2.24) is 15.5 Å². The van der Waals surface area contributed by atoms with Crippen molar-refractivity contribution in [2.24, 2.45) is 0 Å². The molecule has 0 aromatic carbocycles.